The highest BCUT2D eigenvalue weighted by Crippen LogP contribution is 2.21. The normalized spacial score (nSPS) is 11.2. The molecule has 0 saturated carbocycles. The van der Waals surface area contributed by atoms with E-state index < -0.39 is 5.97 Å². The molecule has 16 heavy (non-hydrogen) atoms. The van der Waals surface area contributed by atoms with Crippen LogP contribution in [-0.4, -0.2) is 11.1 Å². The van der Waals surface area contributed by atoms with Crippen LogP contribution in [0.1, 0.15) is 37.0 Å². The van der Waals surface area contributed by atoms with Gasteiger partial charge < -0.3 is 9.84 Å². The van der Waals surface area contributed by atoms with E-state index in [0.29, 0.717) is 5.75 Å². The third kappa shape index (κ3) is 3.12. The van der Waals surface area contributed by atoms with Gasteiger partial charge in [-0.25, -0.2) is 4.79 Å². The maximum atomic E-state index is 10.9. The molecule has 0 aliphatic rings. The maximum Gasteiger partial charge on any atom is 0.339 e. The molecule has 1 rings (SSSR count). The first-order valence-electron chi connectivity index (χ1n) is 5.38. The molecule has 0 fully saturated rings. The van der Waals surface area contributed by atoms with Gasteiger partial charge in [-0.05, 0) is 24.6 Å². The number of para-hydroxylation sites is 1. The molecule has 0 radical (unpaired) electrons. The molecular weight excluding hydrogens is 204 g/mol. The van der Waals surface area contributed by atoms with Gasteiger partial charge in [-0.2, -0.15) is 0 Å². The first-order valence-corrected chi connectivity index (χ1v) is 5.38. The number of ether oxygens (including phenoxy) is 1. The quantitative estimate of drug-likeness (QED) is 0.773. The second-order valence-corrected chi connectivity index (χ2v) is 3.34. The Labute approximate surface area is 95.4 Å². The molecule has 0 unspecified atom stereocenters. The smallest absolute Gasteiger partial charge is 0.339 e. The number of carboxylic acids is 1. The number of aromatic carboxylic acids is 1. The Morgan fingerprint density at radius 1 is 1.38 bits per heavy atom. The lowest BCUT2D eigenvalue weighted by Crippen LogP contribution is -2.02. The number of hydrogen-bond donors (Lipinski definition) is 1. The summed E-state index contributed by atoms with van der Waals surface area (Å²) in [6.45, 7) is 3.99. The van der Waals surface area contributed by atoms with Crippen molar-refractivity contribution in [1.82, 2.24) is 0 Å². The van der Waals surface area contributed by atoms with Crippen LogP contribution in [0.5, 0.6) is 5.75 Å². The molecule has 0 bridgehead atoms. The second kappa shape index (κ2) is 5.95. The van der Waals surface area contributed by atoms with E-state index in [1.54, 1.807) is 18.2 Å². The first kappa shape index (κ1) is 12.3. The molecule has 0 aromatic heterocycles. The van der Waals surface area contributed by atoms with E-state index in [0.717, 1.165) is 18.6 Å². The zero-order valence-corrected chi connectivity index (χ0v) is 9.56. The third-order valence-corrected chi connectivity index (χ3v) is 2.14. The molecule has 3 heteroatoms. The number of allylic oxidation sites excluding steroid dienone is 2. The summed E-state index contributed by atoms with van der Waals surface area (Å²) in [6, 6.07) is 6.66. The molecule has 1 aromatic carbocycles. The van der Waals surface area contributed by atoms with Gasteiger partial charge >= 0.3 is 5.97 Å². The largest absolute Gasteiger partial charge is 0.478 e. The minimum absolute atomic E-state index is 0.193. The Morgan fingerprint density at radius 2 is 2.06 bits per heavy atom. The molecule has 86 valence electrons. The van der Waals surface area contributed by atoms with Crippen LogP contribution in [0.4, 0.5) is 0 Å². The minimum Gasteiger partial charge on any atom is -0.478 e. The highest BCUT2D eigenvalue weighted by atomic mass is 16.5. The Bertz CT molecular complexity index is 394. The fourth-order valence-corrected chi connectivity index (χ4v) is 1.36. The molecule has 0 saturated heterocycles. The zero-order chi connectivity index (χ0) is 12.0. The SMILES string of the molecule is CC/C=C(\CC)Oc1ccccc1C(=O)O. The molecule has 0 atom stereocenters. The van der Waals surface area contributed by atoms with Crippen molar-refractivity contribution in [3.63, 3.8) is 0 Å². The highest BCUT2D eigenvalue weighted by molar-refractivity contribution is 5.90. The molecule has 0 spiro atoms. The van der Waals surface area contributed by atoms with Gasteiger partial charge in [0, 0.05) is 6.42 Å². The van der Waals surface area contributed by atoms with Crippen molar-refractivity contribution in [3.8, 4) is 5.75 Å². The van der Waals surface area contributed by atoms with Crippen LogP contribution in [0.15, 0.2) is 36.1 Å². The van der Waals surface area contributed by atoms with Crippen molar-refractivity contribution in [2.45, 2.75) is 26.7 Å². The summed E-state index contributed by atoms with van der Waals surface area (Å²) >= 11 is 0. The van der Waals surface area contributed by atoms with E-state index in [1.165, 1.54) is 6.07 Å². The summed E-state index contributed by atoms with van der Waals surface area (Å²) in [5.41, 5.74) is 0.193. The lowest BCUT2D eigenvalue weighted by Gasteiger charge is -2.10. The summed E-state index contributed by atoms with van der Waals surface area (Å²) in [7, 11) is 0. The molecule has 3 nitrogen and oxygen atoms in total. The summed E-state index contributed by atoms with van der Waals surface area (Å²) in [4.78, 5) is 10.9. The molecule has 0 amide bonds. The van der Waals surface area contributed by atoms with E-state index in [9.17, 15) is 4.79 Å². The second-order valence-electron chi connectivity index (χ2n) is 3.34. The van der Waals surface area contributed by atoms with Crippen molar-refractivity contribution in [2.24, 2.45) is 0 Å². The molecule has 1 aromatic rings. The van der Waals surface area contributed by atoms with Crippen LogP contribution in [0.3, 0.4) is 0 Å². The van der Waals surface area contributed by atoms with Gasteiger partial charge in [0.2, 0.25) is 0 Å². The highest BCUT2D eigenvalue weighted by Gasteiger charge is 2.10. The minimum atomic E-state index is -0.970. The van der Waals surface area contributed by atoms with Crippen LogP contribution in [-0.2, 0) is 0 Å². The summed E-state index contributed by atoms with van der Waals surface area (Å²) in [6.07, 6.45) is 3.58. The van der Waals surface area contributed by atoms with E-state index in [2.05, 4.69) is 0 Å². The average molecular weight is 220 g/mol. The van der Waals surface area contributed by atoms with Crippen LogP contribution in [0.25, 0.3) is 0 Å². The van der Waals surface area contributed by atoms with Gasteiger partial charge in [0.05, 0.1) is 5.76 Å². The fourth-order valence-electron chi connectivity index (χ4n) is 1.36. The molecular formula is C13H16O3. The van der Waals surface area contributed by atoms with Crippen LogP contribution in [0, 0.1) is 0 Å². The van der Waals surface area contributed by atoms with E-state index in [4.69, 9.17) is 9.84 Å². The van der Waals surface area contributed by atoms with Crippen LogP contribution < -0.4 is 4.74 Å². The van der Waals surface area contributed by atoms with Gasteiger partial charge in [0.15, 0.2) is 0 Å². The standard InChI is InChI=1S/C13H16O3/c1-3-7-10(4-2)16-12-9-6-5-8-11(12)13(14)15/h5-9H,3-4H2,1-2H3,(H,14,15)/b10-7+. The summed E-state index contributed by atoms with van der Waals surface area (Å²) in [5, 5.41) is 8.98. The number of benzene rings is 1. The summed E-state index contributed by atoms with van der Waals surface area (Å²) < 4.78 is 5.58. The number of carbonyl (C=O) groups is 1. The van der Waals surface area contributed by atoms with E-state index >= 15 is 0 Å². The van der Waals surface area contributed by atoms with Crippen molar-refractivity contribution in [2.75, 3.05) is 0 Å². The Balaban J connectivity index is 2.96. The van der Waals surface area contributed by atoms with Crippen LogP contribution >= 0.6 is 0 Å². The molecule has 0 aliphatic carbocycles. The topological polar surface area (TPSA) is 46.5 Å². The number of hydrogen-bond acceptors (Lipinski definition) is 2. The predicted octanol–water partition coefficient (Wildman–Crippen LogP) is 3.47. The third-order valence-electron chi connectivity index (χ3n) is 2.14. The van der Waals surface area contributed by atoms with Crippen LogP contribution in [0.2, 0.25) is 0 Å². The maximum absolute atomic E-state index is 10.9. The molecule has 1 N–H and O–H groups in total. The van der Waals surface area contributed by atoms with Crippen molar-refractivity contribution in [3.05, 3.63) is 41.7 Å². The Morgan fingerprint density at radius 3 is 2.62 bits per heavy atom. The summed E-state index contributed by atoms with van der Waals surface area (Å²) in [5.74, 6) is 0.232. The van der Waals surface area contributed by atoms with E-state index in [1.807, 2.05) is 19.9 Å². The van der Waals surface area contributed by atoms with Gasteiger partial charge in [-0.1, -0.05) is 26.0 Å². The van der Waals surface area contributed by atoms with Gasteiger partial charge in [-0.15, -0.1) is 0 Å². The Kier molecular flexibility index (Phi) is 4.58. The number of rotatable bonds is 5. The first-order chi connectivity index (χ1) is 7.69. The average Bonchev–Trinajstić information content (AvgIpc) is 2.29. The molecule has 0 heterocycles. The lowest BCUT2D eigenvalue weighted by atomic mass is 10.2. The monoisotopic (exact) mass is 220 g/mol. The van der Waals surface area contributed by atoms with Crippen molar-refractivity contribution in [1.29, 1.82) is 0 Å². The van der Waals surface area contributed by atoms with Crippen molar-refractivity contribution < 1.29 is 14.6 Å². The number of carboxylic acid groups (broad SMARTS) is 1. The van der Waals surface area contributed by atoms with Crippen molar-refractivity contribution >= 4 is 5.97 Å². The van der Waals surface area contributed by atoms with E-state index in [-0.39, 0.29) is 5.56 Å². The zero-order valence-electron chi connectivity index (χ0n) is 9.56. The predicted molar refractivity (Wildman–Crippen MR) is 62.7 cm³/mol. The van der Waals surface area contributed by atoms with Gasteiger partial charge in [0.1, 0.15) is 11.3 Å². The van der Waals surface area contributed by atoms with Gasteiger partial charge in [0.25, 0.3) is 0 Å². The Hall–Kier alpha value is -1.77. The lowest BCUT2D eigenvalue weighted by molar-refractivity contribution is 0.0693. The fraction of sp³-hybridized carbons (Fsp3) is 0.308. The van der Waals surface area contributed by atoms with Gasteiger partial charge in [-0.3, -0.25) is 0 Å². The molecule has 0 aliphatic heterocycles.